The molecule has 4 bridgehead atoms. The van der Waals surface area contributed by atoms with Crippen molar-refractivity contribution in [2.24, 2.45) is 35.5 Å². The molecule has 2 N–H and O–H groups in total. The van der Waals surface area contributed by atoms with E-state index < -0.39 is 0 Å². The van der Waals surface area contributed by atoms with Crippen molar-refractivity contribution in [1.29, 1.82) is 0 Å². The summed E-state index contributed by atoms with van der Waals surface area (Å²) in [4.78, 5) is 12.3. The van der Waals surface area contributed by atoms with Crippen LogP contribution in [-0.4, -0.2) is 25.5 Å². The molecule has 5 fully saturated rings. The Labute approximate surface area is 134 Å². The number of carbonyl (C=O) groups is 1. The Kier molecular flexibility index (Phi) is 4.80. The van der Waals surface area contributed by atoms with Gasteiger partial charge >= 0.3 is 0 Å². The molecule has 120 valence electrons. The van der Waals surface area contributed by atoms with Crippen LogP contribution in [0.3, 0.4) is 0 Å². The van der Waals surface area contributed by atoms with Crippen LogP contribution < -0.4 is 10.6 Å². The van der Waals surface area contributed by atoms with Crippen LogP contribution in [0.2, 0.25) is 0 Å². The third-order valence-corrected chi connectivity index (χ3v) is 6.64. The van der Waals surface area contributed by atoms with Crippen LogP contribution in [0.25, 0.3) is 0 Å². The number of carbonyl (C=O) groups excluding carboxylic acids is 1. The lowest BCUT2D eigenvalue weighted by atomic mass is 9.52. The van der Waals surface area contributed by atoms with Gasteiger partial charge in [0, 0.05) is 12.5 Å². The summed E-state index contributed by atoms with van der Waals surface area (Å²) in [6, 6.07) is 0. The maximum absolute atomic E-state index is 12.3. The van der Waals surface area contributed by atoms with Crippen molar-refractivity contribution in [2.75, 3.05) is 19.6 Å². The van der Waals surface area contributed by atoms with E-state index in [2.05, 4.69) is 10.6 Å². The highest BCUT2D eigenvalue weighted by Gasteiger charge is 2.47. The molecule has 4 aliphatic carbocycles. The van der Waals surface area contributed by atoms with Gasteiger partial charge in [-0.25, -0.2) is 0 Å². The number of halogens is 1. The molecule has 21 heavy (non-hydrogen) atoms. The quantitative estimate of drug-likeness (QED) is 0.841. The number of hydrogen-bond donors (Lipinski definition) is 2. The highest BCUT2D eigenvalue weighted by molar-refractivity contribution is 5.85. The van der Waals surface area contributed by atoms with Gasteiger partial charge in [0.05, 0.1) is 0 Å². The molecule has 3 nitrogen and oxygen atoms in total. The first-order valence-electron chi connectivity index (χ1n) is 8.78. The van der Waals surface area contributed by atoms with Crippen molar-refractivity contribution in [2.45, 2.75) is 44.9 Å². The topological polar surface area (TPSA) is 41.1 Å². The van der Waals surface area contributed by atoms with Crippen molar-refractivity contribution in [3.8, 4) is 0 Å². The molecule has 5 rings (SSSR count). The minimum atomic E-state index is 0. The molecule has 4 heteroatoms. The summed E-state index contributed by atoms with van der Waals surface area (Å²) in [5.41, 5.74) is 0. The highest BCUT2D eigenvalue weighted by atomic mass is 35.5. The van der Waals surface area contributed by atoms with Gasteiger partial charge in [-0.3, -0.25) is 4.79 Å². The zero-order chi connectivity index (χ0) is 13.5. The zero-order valence-corrected chi connectivity index (χ0v) is 13.7. The number of rotatable bonds is 3. The Hall–Kier alpha value is -0.280. The Morgan fingerprint density at radius 1 is 0.952 bits per heavy atom. The van der Waals surface area contributed by atoms with Crippen LogP contribution in [0, 0.1) is 35.5 Å². The minimum absolute atomic E-state index is 0. The number of hydrogen-bond acceptors (Lipinski definition) is 2. The molecule has 0 aromatic heterocycles. The largest absolute Gasteiger partial charge is 0.356 e. The number of amides is 1. The second kappa shape index (κ2) is 6.45. The maximum Gasteiger partial charge on any atom is 0.223 e. The molecule has 0 spiro atoms. The Bertz CT molecular complexity index is 353. The van der Waals surface area contributed by atoms with Crippen molar-refractivity contribution in [3.05, 3.63) is 0 Å². The Morgan fingerprint density at radius 2 is 1.52 bits per heavy atom. The van der Waals surface area contributed by atoms with Gasteiger partial charge in [0.25, 0.3) is 0 Å². The van der Waals surface area contributed by atoms with E-state index in [1.54, 1.807) is 0 Å². The van der Waals surface area contributed by atoms with Gasteiger partial charge in [-0.2, -0.15) is 0 Å². The van der Waals surface area contributed by atoms with Crippen molar-refractivity contribution >= 4 is 18.3 Å². The molecule has 0 radical (unpaired) electrons. The van der Waals surface area contributed by atoms with E-state index in [0.717, 1.165) is 62.1 Å². The van der Waals surface area contributed by atoms with Gasteiger partial charge in [-0.15, -0.1) is 12.4 Å². The van der Waals surface area contributed by atoms with Crippen LogP contribution in [0.4, 0.5) is 0 Å². The van der Waals surface area contributed by atoms with E-state index in [1.807, 2.05) is 0 Å². The molecular formula is C17H29ClN2O. The van der Waals surface area contributed by atoms with E-state index >= 15 is 0 Å². The van der Waals surface area contributed by atoms with Crippen molar-refractivity contribution in [3.63, 3.8) is 0 Å². The third kappa shape index (κ3) is 3.10. The van der Waals surface area contributed by atoms with E-state index in [1.165, 1.54) is 32.1 Å². The monoisotopic (exact) mass is 312 g/mol. The molecule has 1 amide bonds. The van der Waals surface area contributed by atoms with Gasteiger partial charge in [0.1, 0.15) is 0 Å². The van der Waals surface area contributed by atoms with Crippen LogP contribution >= 0.6 is 12.4 Å². The summed E-state index contributed by atoms with van der Waals surface area (Å²) < 4.78 is 0. The fourth-order valence-corrected chi connectivity index (χ4v) is 5.82. The minimum Gasteiger partial charge on any atom is -0.356 e. The second-order valence-electron chi connectivity index (χ2n) is 7.86. The van der Waals surface area contributed by atoms with Gasteiger partial charge in [-0.05, 0) is 87.6 Å². The Balaban J connectivity index is 0.00000132. The van der Waals surface area contributed by atoms with E-state index in [4.69, 9.17) is 0 Å². The lowest BCUT2D eigenvalue weighted by Gasteiger charge is -2.54. The van der Waals surface area contributed by atoms with Gasteiger partial charge in [0.2, 0.25) is 5.91 Å². The average Bonchev–Trinajstić information content (AvgIpc) is 2.46. The predicted octanol–water partition coefficient (Wildman–Crippen LogP) is 2.60. The van der Waals surface area contributed by atoms with Gasteiger partial charge < -0.3 is 10.6 Å². The molecule has 0 unspecified atom stereocenters. The fraction of sp³-hybridized carbons (Fsp3) is 0.941. The van der Waals surface area contributed by atoms with Crippen molar-refractivity contribution < 1.29 is 4.79 Å². The molecular weight excluding hydrogens is 284 g/mol. The molecule has 1 aliphatic heterocycles. The van der Waals surface area contributed by atoms with E-state index in [9.17, 15) is 4.79 Å². The summed E-state index contributed by atoms with van der Waals surface area (Å²) in [5, 5.41) is 6.65. The van der Waals surface area contributed by atoms with Gasteiger partial charge in [-0.1, -0.05) is 0 Å². The van der Waals surface area contributed by atoms with E-state index in [-0.39, 0.29) is 18.3 Å². The summed E-state index contributed by atoms with van der Waals surface area (Å²) >= 11 is 0. The maximum atomic E-state index is 12.3. The highest BCUT2D eigenvalue weighted by Crippen LogP contribution is 2.56. The third-order valence-electron chi connectivity index (χ3n) is 6.64. The first-order valence-corrected chi connectivity index (χ1v) is 8.78. The predicted molar refractivity (Wildman–Crippen MR) is 86.4 cm³/mol. The summed E-state index contributed by atoms with van der Waals surface area (Å²) in [6.45, 7) is 2.99. The lowest BCUT2D eigenvalue weighted by molar-refractivity contribution is -0.126. The number of piperidine rings is 1. The smallest absolute Gasteiger partial charge is 0.223 e. The van der Waals surface area contributed by atoms with Gasteiger partial charge in [0.15, 0.2) is 0 Å². The molecule has 0 aromatic rings. The molecule has 1 saturated heterocycles. The Morgan fingerprint density at radius 3 is 2.10 bits per heavy atom. The summed E-state index contributed by atoms with van der Waals surface area (Å²) in [7, 11) is 0. The second-order valence-corrected chi connectivity index (χ2v) is 7.86. The van der Waals surface area contributed by atoms with Crippen LogP contribution in [0.1, 0.15) is 44.9 Å². The summed E-state index contributed by atoms with van der Waals surface area (Å²) in [6.07, 6.45) is 9.39. The SMILES string of the molecule is Cl.O=C(NCC1C2CC3CC(C2)CC1C3)C1CCNCC1. The molecule has 0 aromatic carbocycles. The number of nitrogens with one attached hydrogen (secondary N) is 2. The van der Waals surface area contributed by atoms with E-state index in [0.29, 0.717) is 5.91 Å². The summed E-state index contributed by atoms with van der Waals surface area (Å²) in [5.74, 6) is 5.34. The first kappa shape index (κ1) is 15.6. The lowest BCUT2D eigenvalue weighted by Crippen LogP contribution is -2.50. The fourth-order valence-electron chi connectivity index (χ4n) is 5.82. The molecule has 1 heterocycles. The zero-order valence-electron chi connectivity index (χ0n) is 12.9. The van der Waals surface area contributed by atoms with Crippen LogP contribution in [-0.2, 0) is 4.79 Å². The standard InChI is InChI=1S/C17H28N2O.ClH/c20-17(13-1-3-18-4-2-13)19-10-16-14-6-11-5-12(8-14)9-15(16)7-11;/h11-16,18H,1-10H2,(H,19,20);1H. The van der Waals surface area contributed by atoms with Crippen molar-refractivity contribution in [1.82, 2.24) is 10.6 Å². The average molecular weight is 313 g/mol. The first-order chi connectivity index (χ1) is 9.79. The molecule has 4 saturated carbocycles. The van der Waals surface area contributed by atoms with Crippen LogP contribution in [0.5, 0.6) is 0 Å². The normalized spacial score (nSPS) is 41.6. The molecule has 0 atom stereocenters. The molecule has 5 aliphatic rings. The van der Waals surface area contributed by atoms with Crippen LogP contribution in [0.15, 0.2) is 0 Å².